The van der Waals surface area contributed by atoms with E-state index in [1.165, 1.54) is 11.1 Å². The Morgan fingerprint density at radius 1 is 1.06 bits per heavy atom. The fraction of sp³-hybridized carbons (Fsp3) is 0.143. The first kappa shape index (κ1) is 10.0. The Morgan fingerprint density at radius 2 is 1.94 bits per heavy atom. The first-order chi connectivity index (χ1) is 8.24. The Balaban J connectivity index is 2.19. The summed E-state index contributed by atoms with van der Waals surface area (Å²) in [4.78, 5) is 4.50. The zero-order valence-electron chi connectivity index (χ0n) is 9.88. The highest BCUT2D eigenvalue weighted by Gasteiger charge is 2.04. The van der Waals surface area contributed by atoms with Gasteiger partial charge in [0.1, 0.15) is 0 Å². The van der Waals surface area contributed by atoms with Gasteiger partial charge in [-0.1, -0.05) is 6.07 Å². The van der Waals surface area contributed by atoms with E-state index < -0.39 is 0 Å². The van der Waals surface area contributed by atoms with Gasteiger partial charge in [-0.15, -0.1) is 0 Å². The summed E-state index contributed by atoms with van der Waals surface area (Å²) in [5.74, 6) is 0. The molecule has 0 aromatic carbocycles. The van der Waals surface area contributed by atoms with Crippen LogP contribution in [0.5, 0.6) is 0 Å². The number of fused-ring (bicyclic) bond motifs is 1. The van der Waals surface area contributed by atoms with Gasteiger partial charge in [0.05, 0.1) is 5.52 Å². The van der Waals surface area contributed by atoms with Crippen LogP contribution < -0.4 is 0 Å². The highest BCUT2D eigenvalue weighted by Crippen LogP contribution is 2.23. The predicted molar refractivity (Wildman–Crippen MR) is 67.9 cm³/mol. The van der Waals surface area contributed by atoms with Crippen LogP contribution in [0.1, 0.15) is 11.4 Å². The maximum atomic E-state index is 4.50. The fourth-order valence-corrected chi connectivity index (χ4v) is 2.08. The van der Waals surface area contributed by atoms with Crippen LogP contribution in [0.3, 0.4) is 0 Å². The quantitative estimate of drug-likeness (QED) is 0.634. The molecule has 3 aromatic heterocycles. The lowest BCUT2D eigenvalue weighted by Gasteiger charge is -2.06. The van der Waals surface area contributed by atoms with Crippen LogP contribution >= 0.6 is 0 Å². The number of rotatable bonds is 1. The first-order valence-electron chi connectivity index (χ1n) is 5.62. The third kappa shape index (κ3) is 1.69. The topological polar surface area (TPSA) is 30.2 Å². The van der Waals surface area contributed by atoms with E-state index in [1.54, 1.807) is 6.20 Å². The van der Waals surface area contributed by atoms with Crippen LogP contribution in [0.4, 0.5) is 0 Å². The molecule has 0 spiro atoms. The van der Waals surface area contributed by atoms with E-state index in [0.29, 0.717) is 0 Å². The van der Waals surface area contributed by atoms with E-state index in [0.717, 1.165) is 16.9 Å². The lowest BCUT2D eigenvalue weighted by Crippen LogP contribution is -1.92. The molecule has 0 radical (unpaired) electrons. The van der Waals surface area contributed by atoms with Crippen molar-refractivity contribution in [2.75, 3.05) is 0 Å². The summed E-state index contributed by atoms with van der Waals surface area (Å²) in [6.07, 6.45) is 3.78. The number of hydrogen-bond donors (Lipinski definition) is 0. The normalized spacial score (nSPS) is 10.9. The third-order valence-corrected chi connectivity index (χ3v) is 2.94. The van der Waals surface area contributed by atoms with Crippen LogP contribution in [0.15, 0.2) is 42.7 Å². The first-order valence-corrected chi connectivity index (χ1v) is 5.62. The number of pyridine rings is 2. The minimum atomic E-state index is 1.05. The Labute approximate surface area is 99.7 Å². The van der Waals surface area contributed by atoms with Gasteiger partial charge in [0.15, 0.2) is 0 Å². The van der Waals surface area contributed by atoms with Gasteiger partial charge in [0.25, 0.3) is 0 Å². The summed E-state index contributed by atoms with van der Waals surface area (Å²) >= 11 is 0. The molecule has 84 valence electrons. The molecular formula is C14H13N3. The van der Waals surface area contributed by atoms with Gasteiger partial charge < -0.3 is 0 Å². The molecule has 0 amide bonds. The highest BCUT2D eigenvalue weighted by molar-refractivity contribution is 5.70. The number of nitrogens with zero attached hydrogens (tertiary/aromatic N) is 3. The summed E-state index contributed by atoms with van der Waals surface area (Å²) in [7, 11) is 0. The lowest BCUT2D eigenvalue weighted by atomic mass is 10.1. The van der Waals surface area contributed by atoms with Crippen molar-refractivity contribution in [3.05, 3.63) is 54.1 Å². The smallest absolute Gasteiger partial charge is 0.0667 e. The second kappa shape index (κ2) is 3.70. The molecule has 0 fully saturated rings. The maximum Gasteiger partial charge on any atom is 0.0667 e. The average molecular weight is 223 g/mol. The van der Waals surface area contributed by atoms with Crippen molar-refractivity contribution in [3.8, 4) is 11.1 Å². The van der Waals surface area contributed by atoms with Gasteiger partial charge in [0, 0.05) is 29.3 Å². The Morgan fingerprint density at radius 3 is 2.76 bits per heavy atom. The maximum absolute atomic E-state index is 4.50. The summed E-state index contributed by atoms with van der Waals surface area (Å²) in [5, 5.41) is 4.19. The number of hydrogen-bond acceptors (Lipinski definition) is 2. The molecule has 0 atom stereocenters. The SMILES string of the molecule is Cc1ccc(-c2ccn3nccc3c2)c(C)n1. The molecule has 0 unspecified atom stereocenters. The van der Waals surface area contributed by atoms with Gasteiger partial charge in [-0.05, 0) is 43.7 Å². The molecule has 0 N–H and O–H groups in total. The van der Waals surface area contributed by atoms with Crippen molar-refractivity contribution in [2.45, 2.75) is 13.8 Å². The van der Waals surface area contributed by atoms with Crippen LogP contribution in [0.25, 0.3) is 16.6 Å². The van der Waals surface area contributed by atoms with Gasteiger partial charge in [-0.3, -0.25) is 4.98 Å². The molecule has 3 nitrogen and oxygen atoms in total. The molecule has 17 heavy (non-hydrogen) atoms. The van der Waals surface area contributed by atoms with Gasteiger partial charge in [0.2, 0.25) is 0 Å². The Bertz CT molecular complexity index is 683. The molecule has 3 heteroatoms. The molecule has 0 aliphatic carbocycles. The molecule has 0 aliphatic heterocycles. The molecule has 0 saturated heterocycles. The van der Waals surface area contributed by atoms with Crippen LogP contribution in [-0.2, 0) is 0 Å². The summed E-state index contributed by atoms with van der Waals surface area (Å²) in [6, 6.07) is 10.4. The molecule has 0 saturated carbocycles. The standard InChI is InChI=1S/C14H13N3/c1-10-3-4-14(11(2)16-10)12-6-8-17-13(9-12)5-7-15-17/h3-9H,1-2H3. The molecule has 3 heterocycles. The molecule has 3 rings (SSSR count). The zero-order valence-corrected chi connectivity index (χ0v) is 9.88. The minimum Gasteiger partial charge on any atom is -0.258 e. The largest absolute Gasteiger partial charge is 0.258 e. The summed E-state index contributed by atoms with van der Waals surface area (Å²) < 4.78 is 1.86. The highest BCUT2D eigenvalue weighted by atomic mass is 15.2. The summed E-state index contributed by atoms with van der Waals surface area (Å²) in [6.45, 7) is 4.06. The molecule has 0 aliphatic rings. The van der Waals surface area contributed by atoms with Crippen molar-refractivity contribution in [1.82, 2.24) is 14.6 Å². The third-order valence-electron chi connectivity index (χ3n) is 2.94. The van der Waals surface area contributed by atoms with Gasteiger partial charge >= 0.3 is 0 Å². The fourth-order valence-electron chi connectivity index (χ4n) is 2.08. The predicted octanol–water partition coefficient (Wildman–Crippen LogP) is 3.01. The average Bonchev–Trinajstić information content (AvgIpc) is 2.75. The van der Waals surface area contributed by atoms with Crippen LogP contribution in [0.2, 0.25) is 0 Å². The Kier molecular flexibility index (Phi) is 2.18. The monoisotopic (exact) mass is 223 g/mol. The van der Waals surface area contributed by atoms with Crippen molar-refractivity contribution >= 4 is 5.52 Å². The molecule has 0 bridgehead atoms. The van der Waals surface area contributed by atoms with Crippen molar-refractivity contribution in [2.24, 2.45) is 0 Å². The van der Waals surface area contributed by atoms with E-state index in [2.05, 4.69) is 28.3 Å². The number of aryl methyl sites for hydroxylation is 2. The minimum absolute atomic E-state index is 1.05. The van der Waals surface area contributed by atoms with Crippen LogP contribution in [-0.4, -0.2) is 14.6 Å². The lowest BCUT2D eigenvalue weighted by molar-refractivity contribution is 0.961. The van der Waals surface area contributed by atoms with Crippen molar-refractivity contribution < 1.29 is 0 Å². The van der Waals surface area contributed by atoms with E-state index >= 15 is 0 Å². The summed E-state index contributed by atoms with van der Waals surface area (Å²) in [5.41, 5.74) is 5.58. The van der Waals surface area contributed by atoms with E-state index in [1.807, 2.05) is 36.7 Å². The van der Waals surface area contributed by atoms with Crippen LogP contribution in [0, 0.1) is 13.8 Å². The van der Waals surface area contributed by atoms with Crippen molar-refractivity contribution in [3.63, 3.8) is 0 Å². The van der Waals surface area contributed by atoms with E-state index in [9.17, 15) is 0 Å². The zero-order chi connectivity index (χ0) is 11.8. The van der Waals surface area contributed by atoms with Gasteiger partial charge in [-0.2, -0.15) is 5.10 Å². The van der Waals surface area contributed by atoms with Crippen molar-refractivity contribution in [1.29, 1.82) is 0 Å². The second-order valence-corrected chi connectivity index (χ2v) is 4.20. The Hall–Kier alpha value is -2.16. The van der Waals surface area contributed by atoms with E-state index in [4.69, 9.17) is 0 Å². The van der Waals surface area contributed by atoms with E-state index in [-0.39, 0.29) is 0 Å². The van der Waals surface area contributed by atoms with Gasteiger partial charge in [-0.25, -0.2) is 4.52 Å². The second-order valence-electron chi connectivity index (χ2n) is 4.20. The molecular weight excluding hydrogens is 210 g/mol. The molecule has 3 aromatic rings. The number of aromatic nitrogens is 3.